The van der Waals surface area contributed by atoms with Crippen molar-refractivity contribution < 1.29 is 53.3 Å². The summed E-state index contributed by atoms with van der Waals surface area (Å²) in [7, 11) is 0. The number of aryl methyl sites for hydroxylation is 1. The Balaban J connectivity index is 1.44. The van der Waals surface area contributed by atoms with Gasteiger partial charge in [-0.3, -0.25) is 10.4 Å². The number of ether oxygens (including phenoxy) is 5. The smallest absolute Gasteiger partial charge is 0.435 e. The van der Waals surface area contributed by atoms with Crippen LogP contribution < -0.4 is 0 Å². The Kier molecular flexibility index (Phi) is 16.5. The maximum Gasteiger partial charge on any atom is 0.511 e. The topological polar surface area (TPSA) is 212 Å². The first-order valence-electron chi connectivity index (χ1n) is 17.0. The number of nitrogens with zero attached hydrogens (tertiary/aromatic N) is 7. The lowest BCUT2D eigenvalue weighted by Crippen LogP contribution is -2.24. The average Bonchev–Trinajstić information content (AvgIpc) is 3.75. The third-order valence-corrected chi connectivity index (χ3v) is 8.60. The molecule has 0 saturated heterocycles. The molecule has 0 spiro atoms. The molecule has 0 bridgehead atoms. The molecular formula is C34H42ClN7O11S. The summed E-state index contributed by atoms with van der Waals surface area (Å²) < 4.78 is 27.2. The number of unbranched alkanes of at least 4 members (excludes halogenated alkanes) is 1. The second-order valence-electron chi connectivity index (χ2n) is 11.3. The summed E-state index contributed by atoms with van der Waals surface area (Å²) in [4.78, 5) is 47.2. The molecule has 0 aliphatic rings. The van der Waals surface area contributed by atoms with Gasteiger partial charge in [0.1, 0.15) is 12.4 Å². The first-order chi connectivity index (χ1) is 26.0. The molecule has 0 aliphatic carbocycles. The van der Waals surface area contributed by atoms with Crippen LogP contribution in [0.5, 0.6) is 0 Å². The van der Waals surface area contributed by atoms with E-state index in [-0.39, 0.29) is 42.6 Å². The van der Waals surface area contributed by atoms with Gasteiger partial charge in [-0.1, -0.05) is 73.5 Å². The second-order valence-corrected chi connectivity index (χ2v) is 12.9. The highest BCUT2D eigenvalue weighted by Crippen LogP contribution is 2.31. The molecule has 4 rings (SSSR count). The van der Waals surface area contributed by atoms with Crippen LogP contribution >= 0.6 is 23.4 Å². The molecule has 2 aromatic heterocycles. The number of hydrogen-bond acceptors (Lipinski definition) is 17. The van der Waals surface area contributed by atoms with Crippen LogP contribution in [0.2, 0.25) is 5.15 Å². The monoisotopic (exact) mass is 791 g/mol. The van der Waals surface area contributed by atoms with Gasteiger partial charge in [0.05, 0.1) is 18.6 Å². The third kappa shape index (κ3) is 12.4. The Morgan fingerprint density at radius 1 is 0.926 bits per heavy atom. The Morgan fingerprint density at radius 2 is 1.63 bits per heavy atom. The highest BCUT2D eigenvalue weighted by Gasteiger charge is 2.26. The highest BCUT2D eigenvalue weighted by molar-refractivity contribution is 7.99. The van der Waals surface area contributed by atoms with Crippen molar-refractivity contribution in [3.63, 3.8) is 0 Å². The van der Waals surface area contributed by atoms with E-state index in [1.165, 1.54) is 18.7 Å². The minimum Gasteiger partial charge on any atom is -0.435 e. The Labute approximate surface area is 320 Å². The van der Waals surface area contributed by atoms with E-state index in [0.29, 0.717) is 35.1 Å². The maximum absolute atomic E-state index is 13.3. The number of carbonyl (C=O) groups excluding carboxylic acids is 3. The summed E-state index contributed by atoms with van der Waals surface area (Å²) in [6.07, 6.45) is -1.70. The van der Waals surface area contributed by atoms with E-state index in [1.54, 1.807) is 18.4 Å². The fourth-order valence-corrected chi connectivity index (χ4v) is 5.82. The molecule has 2 heterocycles. The van der Waals surface area contributed by atoms with Crippen LogP contribution in [0.15, 0.2) is 48.5 Å². The van der Waals surface area contributed by atoms with Crippen molar-refractivity contribution in [1.29, 1.82) is 0 Å². The van der Waals surface area contributed by atoms with Gasteiger partial charge in [0.15, 0.2) is 10.8 Å². The minimum atomic E-state index is -1.22. The maximum atomic E-state index is 13.3. The van der Waals surface area contributed by atoms with Gasteiger partial charge in [-0.2, -0.15) is 11.8 Å². The SMILES string of the molecule is CCCCc1nc(Cl)c(C(=O)OC(C)OC(=O)OCC)n1Cc1ccc(-c2ccccc2-c2nnn(C(C)OC(=O)OCCSCCON(O)O)n2)cc1. The van der Waals surface area contributed by atoms with Gasteiger partial charge in [-0.05, 0) is 42.2 Å². The number of imidazole rings is 1. The number of aromatic nitrogens is 6. The number of benzene rings is 2. The number of halogens is 1. The molecule has 2 atom stereocenters. The summed E-state index contributed by atoms with van der Waals surface area (Å²) in [5.41, 5.74) is 3.25. The van der Waals surface area contributed by atoms with Gasteiger partial charge in [-0.15, -0.1) is 15.0 Å². The fourth-order valence-electron chi connectivity index (χ4n) is 4.95. The largest absolute Gasteiger partial charge is 0.511 e. The molecule has 2 unspecified atom stereocenters. The van der Waals surface area contributed by atoms with Gasteiger partial charge in [0, 0.05) is 37.0 Å². The molecule has 0 radical (unpaired) electrons. The molecule has 54 heavy (non-hydrogen) atoms. The summed E-state index contributed by atoms with van der Waals surface area (Å²) in [5, 5.41) is 29.3. The zero-order chi connectivity index (χ0) is 39.0. The highest BCUT2D eigenvalue weighted by atomic mass is 35.5. The number of rotatable bonds is 20. The van der Waals surface area contributed by atoms with Crippen LogP contribution in [0.3, 0.4) is 0 Å². The van der Waals surface area contributed by atoms with E-state index in [1.807, 2.05) is 55.5 Å². The van der Waals surface area contributed by atoms with E-state index in [4.69, 9.17) is 45.7 Å². The van der Waals surface area contributed by atoms with Crippen molar-refractivity contribution in [2.75, 3.05) is 31.3 Å². The van der Waals surface area contributed by atoms with Crippen LogP contribution in [0.25, 0.3) is 22.5 Å². The predicted octanol–water partition coefficient (Wildman–Crippen LogP) is 6.34. The Morgan fingerprint density at radius 3 is 2.33 bits per heavy atom. The number of tetrazole rings is 1. The lowest BCUT2D eigenvalue weighted by Gasteiger charge is -2.16. The summed E-state index contributed by atoms with van der Waals surface area (Å²) in [6, 6.07) is 15.2. The fraction of sp³-hybridized carbons (Fsp3) is 0.441. The van der Waals surface area contributed by atoms with Crippen LogP contribution in [0.1, 0.15) is 68.6 Å². The van der Waals surface area contributed by atoms with Crippen LogP contribution in [-0.4, -0.2) is 101 Å². The van der Waals surface area contributed by atoms with Crippen molar-refractivity contribution in [3.05, 3.63) is 70.8 Å². The van der Waals surface area contributed by atoms with E-state index in [0.717, 1.165) is 34.3 Å². The van der Waals surface area contributed by atoms with Gasteiger partial charge < -0.3 is 28.3 Å². The van der Waals surface area contributed by atoms with Gasteiger partial charge in [-0.25, -0.2) is 24.2 Å². The van der Waals surface area contributed by atoms with Crippen LogP contribution in [0.4, 0.5) is 9.59 Å². The van der Waals surface area contributed by atoms with E-state index >= 15 is 0 Å². The van der Waals surface area contributed by atoms with E-state index in [9.17, 15) is 14.4 Å². The second kappa shape index (κ2) is 21.2. The molecule has 2 N–H and O–H groups in total. The normalized spacial score (nSPS) is 12.3. The third-order valence-electron chi connectivity index (χ3n) is 7.42. The molecule has 0 amide bonds. The first kappa shape index (κ1) is 42.0. The number of carbonyl (C=O) groups is 3. The van der Waals surface area contributed by atoms with Gasteiger partial charge in [0.2, 0.25) is 18.3 Å². The average molecular weight is 792 g/mol. The molecule has 20 heteroatoms. The molecule has 18 nitrogen and oxygen atoms in total. The standard InChI is InChI=1S/C34H42ClN7O11S/c1-5-7-12-28-36-30(35)29(32(43)52-23(4)53-33(44)48-6-2)40(28)21-24-13-15-25(16-14-24)26-10-8-9-11-27(26)31-37-39-41(38-31)22(3)51-34(45)49-17-19-54-20-18-50-42(46)47/h8-11,13-16,22-23,46-47H,5-7,12,17-21H2,1-4H3. The van der Waals surface area contributed by atoms with E-state index < -0.39 is 30.8 Å². The first-order valence-corrected chi connectivity index (χ1v) is 18.5. The van der Waals surface area contributed by atoms with Gasteiger partial charge in [0.25, 0.3) is 0 Å². The molecular weight excluding hydrogens is 750 g/mol. The zero-order valence-corrected chi connectivity index (χ0v) is 31.7. The summed E-state index contributed by atoms with van der Waals surface area (Å²) in [6.45, 7) is 7.15. The molecule has 0 saturated carbocycles. The number of hydrogen-bond donors (Lipinski definition) is 2. The van der Waals surface area contributed by atoms with Crippen molar-refractivity contribution in [1.82, 2.24) is 35.1 Å². The quantitative estimate of drug-likeness (QED) is 0.0329. The molecule has 292 valence electrons. The molecule has 2 aromatic carbocycles. The van der Waals surface area contributed by atoms with Crippen molar-refractivity contribution in [2.24, 2.45) is 0 Å². The van der Waals surface area contributed by atoms with Crippen molar-refractivity contribution in [3.8, 4) is 22.5 Å². The van der Waals surface area contributed by atoms with Crippen LogP contribution in [-0.2, 0) is 41.5 Å². The van der Waals surface area contributed by atoms with Crippen molar-refractivity contribution in [2.45, 2.75) is 66.0 Å². The Hall–Kier alpha value is -4.79. The molecule has 4 aromatic rings. The Bertz CT molecular complexity index is 1820. The van der Waals surface area contributed by atoms with Crippen LogP contribution in [0, 0.1) is 0 Å². The van der Waals surface area contributed by atoms with Gasteiger partial charge >= 0.3 is 18.3 Å². The lowest BCUT2D eigenvalue weighted by atomic mass is 9.98. The van der Waals surface area contributed by atoms with Crippen molar-refractivity contribution >= 4 is 41.6 Å². The van der Waals surface area contributed by atoms with E-state index in [2.05, 4.69) is 25.2 Å². The number of thioether (sulfide) groups is 1. The zero-order valence-electron chi connectivity index (χ0n) is 30.1. The lowest BCUT2D eigenvalue weighted by molar-refractivity contribution is -0.490. The number of esters is 1. The molecule has 0 aliphatic heterocycles. The minimum absolute atomic E-state index is 0.0185. The summed E-state index contributed by atoms with van der Waals surface area (Å²) in [5.74, 6) is 1.01. The molecule has 0 fully saturated rings. The predicted molar refractivity (Wildman–Crippen MR) is 192 cm³/mol. The summed E-state index contributed by atoms with van der Waals surface area (Å²) >= 11 is 7.85.